The lowest BCUT2D eigenvalue weighted by Gasteiger charge is -2.56. The van der Waals surface area contributed by atoms with Crippen LogP contribution in [0.15, 0.2) is 24.3 Å². The number of halogens is 2. The van der Waals surface area contributed by atoms with Gasteiger partial charge in [-0.2, -0.15) is 8.78 Å². The first-order valence-corrected chi connectivity index (χ1v) is 14.6. The first-order valence-electron chi connectivity index (χ1n) is 14.6. The van der Waals surface area contributed by atoms with Gasteiger partial charge >= 0.3 is 36.1 Å². The normalized spacial score (nSPS) is 35.6. The number of fused-ring (bicyclic) bond motifs is 2. The topological polar surface area (TPSA) is 141 Å². The van der Waals surface area contributed by atoms with Crippen LogP contribution in [0.4, 0.5) is 8.78 Å². The summed E-state index contributed by atoms with van der Waals surface area (Å²) in [5, 5.41) is 10.5. The third-order valence-corrected chi connectivity index (χ3v) is 9.96. The second-order valence-electron chi connectivity index (χ2n) is 12.7. The Morgan fingerprint density at radius 3 is 2.37 bits per heavy atom. The zero-order chi connectivity index (χ0) is 30.2. The SMILES string of the molecule is O=C1CC2(O)CC(=O)OC3(C(=O)N4CC5(CC[C@@H](N6CCC(c7ccccc7OC(F)F)CC6)C5)C4)COC3(O1)OC2=O. The number of hydrogen-bond donors (Lipinski definition) is 1. The Labute approximate surface area is 245 Å². The molecule has 1 saturated carbocycles. The average molecular weight is 607 g/mol. The van der Waals surface area contributed by atoms with Crippen molar-refractivity contribution in [2.45, 2.75) is 80.7 Å². The molecule has 1 aromatic rings. The Morgan fingerprint density at radius 1 is 1.00 bits per heavy atom. The molecule has 6 aliphatic rings. The maximum absolute atomic E-state index is 13.8. The molecule has 3 unspecified atom stereocenters. The van der Waals surface area contributed by atoms with Crippen LogP contribution in [0.25, 0.3) is 0 Å². The molecule has 6 fully saturated rings. The van der Waals surface area contributed by atoms with E-state index in [9.17, 15) is 33.1 Å². The maximum atomic E-state index is 13.8. The predicted octanol–water partition coefficient (Wildman–Crippen LogP) is 1.44. The Balaban J connectivity index is 0.988. The molecule has 4 atom stereocenters. The Hall–Kier alpha value is -3.36. The highest BCUT2D eigenvalue weighted by Crippen LogP contribution is 2.53. The molecular weight excluding hydrogens is 574 g/mol. The van der Waals surface area contributed by atoms with Gasteiger partial charge in [0, 0.05) is 24.5 Å². The van der Waals surface area contributed by atoms with Gasteiger partial charge in [-0.1, -0.05) is 18.2 Å². The number of benzene rings is 1. The van der Waals surface area contributed by atoms with Crippen molar-refractivity contribution < 1.29 is 56.7 Å². The molecule has 1 aliphatic carbocycles. The number of carbonyl (C=O) groups excluding carboxylic acids is 4. The summed E-state index contributed by atoms with van der Waals surface area (Å²) in [6.07, 6.45) is 2.63. The van der Waals surface area contributed by atoms with Crippen molar-refractivity contribution in [1.82, 2.24) is 9.80 Å². The highest BCUT2D eigenvalue weighted by Gasteiger charge is 2.80. The van der Waals surface area contributed by atoms with E-state index in [0.29, 0.717) is 19.1 Å². The highest BCUT2D eigenvalue weighted by atomic mass is 19.3. The molecule has 1 amide bonds. The molecule has 5 aliphatic heterocycles. The van der Waals surface area contributed by atoms with Crippen molar-refractivity contribution in [3.8, 4) is 5.75 Å². The van der Waals surface area contributed by atoms with Gasteiger partial charge in [-0.25, -0.2) is 4.79 Å². The van der Waals surface area contributed by atoms with E-state index in [-0.39, 0.29) is 17.1 Å². The van der Waals surface area contributed by atoms with Crippen molar-refractivity contribution in [2.75, 3.05) is 32.8 Å². The second-order valence-corrected chi connectivity index (χ2v) is 12.7. The van der Waals surface area contributed by atoms with Crippen LogP contribution in [0.2, 0.25) is 0 Å². The smallest absolute Gasteiger partial charge is 0.431 e. The molecule has 1 aromatic carbocycles. The van der Waals surface area contributed by atoms with E-state index in [1.165, 1.54) is 4.90 Å². The molecule has 5 saturated heterocycles. The van der Waals surface area contributed by atoms with Gasteiger partial charge in [0.05, 0.1) is 12.8 Å². The summed E-state index contributed by atoms with van der Waals surface area (Å²) in [7, 11) is 0. The number of nitrogens with zero attached hydrogens (tertiary/aromatic N) is 2. The van der Waals surface area contributed by atoms with E-state index in [0.717, 1.165) is 50.8 Å². The number of likely N-dealkylation sites (tertiary alicyclic amines) is 2. The van der Waals surface area contributed by atoms with E-state index in [4.69, 9.17) is 23.7 Å². The molecule has 5 heterocycles. The van der Waals surface area contributed by atoms with E-state index in [1.807, 2.05) is 12.1 Å². The highest BCUT2D eigenvalue weighted by molar-refractivity contribution is 5.97. The third kappa shape index (κ3) is 4.48. The number of ether oxygens (including phenoxy) is 5. The lowest BCUT2D eigenvalue weighted by atomic mass is 9.76. The molecule has 232 valence electrons. The van der Waals surface area contributed by atoms with Gasteiger partial charge in [-0.05, 0) is 62.7 Å². The minimum absolute atomic E-state index is 0.129. The largest absolute Gasteiger partial charge is 0.435 e. The van der Waals surface area contributed by atoms with Gasteiger partial charge in [0.25, 0.3) is 5.91 Å². The van der Waals surface area contributed by atoms with Crippen LogP contribution < -0.4 is 4.74 Å². The summed E-state index contributed by atoms with van der Waals surface area (Å²) in [5.41, 5.74) is -3.98. The van der Waals surface area contributed by atoms with Gasteiger partial charge in [0.2, 0.25) is 0 Å². The van der Waals surface area contributed by atoms with E-state index in [2.05, 4.69) is 4.90 Å². The molecule has 0 aromatic heterocycles. The van der Waals surface area contributed by atoms with Gasteiger partial charge < -0.3 is 33.9 Å². The summed E-state index contributed by atoms with van der Waals surface area (Å²) < 4.78 is 51.8. The molecule has 14 heteroatoms. The van der Waals surface area contributed by atoms with Crippen molar-refractivity contribution >= 4 is 23.8 Å². The fraction of sp³-hybridized carbons (Fsp3) is 0.655. The van der Waals surface area contributed by atoms with Crippen LogP contribution in [0.1, 0.15) is 56.4 Å². The maximum Gasteiger partial charge on any atom is 0.431 e. The number of amides is 1. The van der Waals surface area contributed by atoms with E-state index >= 15 is 0 Å². The van der Waals surface area contributed by atoms with Crippen LogP contribution in [0.3, 0.4) is 0 Å². The summed E-state index contributed by atoms with van der Waals surface area (Å²) >= 11 is 0. The summed E-state index contributed by atoms with van der Waals surface area (Å²) in [5.74, 6) is -6.30. The van der Waals surface area contributed by atoms with Crippen molar-refractivity contribution in [2.24, 2.45) is 5.41 Å². The van der Waals surface area contributed by atoms with Crippen LogP contribution in [0.5, 0.6) is 5.75 Å². The Kier molecular flexibility index (Phi) is 6.49. The number of piperidine rings is 1. The number of esters is 3. The van der Waals surface area contributed by atoms with Gasteiger partial charge in [-0.3, -0.25) is 19.1 Å². The monoisotopic (exact) mass is 606 g/mol. The van der Waals surface area contributed by atoms with Crippen molar-refractivity contribution in [3.05, 3.63) is 29.8 Å². The number of alkyl halides is 2. The fourth-order valence-corrected chi connectivity index (χ4v) is 7.75. The predicted molar refractivity (Wildman–Crippen MR) is 137 cm³/mol. The summed E-state index contributed by atoms with van der Waals surface area (Å²) in [4.78, 5) is 55.5. The van der Waals surface area contributed by atoms with Crippen molar-refractivity contribution in [3.63, 3.8) is 0 Å². The lowest BCUT2D eigenvalue weighted by molar-refractivity contribution is -0.471. The fourth-order valence-electron chi connectivity index (χ4n) is 7.75. The zero-order valence-electron chi connectivity index (χ0n) is 23.3. The Morgan fingerprint density at radius 2 is 1.70 bits per heavy atom. The molecule has 7 rings (SSSR count). The van der Waals surface area contributed by atoms with E-state index < -0.39 is 67.1 Å². The third-order valence-electron chi connectivity index (χ3n) is 9.96. The second kappa shape index (κ2) is 9.83. The number of rotatable bonds is 5. The van der Waals surface area contributed by atoms with Crippen LogP contribution >= 0.6 is 0 Å². The zero-order valence-corrected chi connectivity index (χ0v) is 23.3. The average Bonchev–Trinajstić information content (AvgIpc) is 3.36. The van der Waals surface area contributed by atoms with Crippen molar-refractivity contribution in [1.29, 1.82) is 0 Å². The molecule has 2 bridgehead atoms. The molecule has 1 N–H and O–H groups in total. The van der Waals surface area contributed by atoms with Crippen LogP contribution in [-0.2, 0) is 38.1 Å². The number of para-hydroxylation sites is 1. The molecule has 12 nitrogen and oxygen atoms in total. The standard InChI is InChI=1S/C29H32F2N2O10/c30-25(31)40-20-4-2-1-3-19(20)17-6-9-32(10-7-17)18-5-8-26(11-18)14-33(15-26)23(36)28-16-39-29(28)42-22(35)13-27(38,24(37)43-29)12-21(34)41-28/h1-4,17-18,25,38H,5-16H2/t18-,27?,28?,29?/m1/s1. The number of carbonyl (C=O) groups is 4. The number of hydrogen-bond acceptors (Lipinski definition) is 11. The lowest BCUT2D eigenvalue weighted by Crippen LogP contribution is -2.81. The molecular formula is C29H32F2N2O10. The number of aliphatic hydroxyl groups is 1. The minimum Gasteiger partial charge on any atom is -0.435 e. The van der Waals surface area contributed by atoms with E-state index in [1.54, 1.807) is 12.1 Å². The van der Waals surface area contributed by atoms with Crippen LogP contribution in [0, 0.1) is 5.41 Å². The Bertz CT molecular complexity index is 1360. The first-order chi connectivity index (χ1) is 20.5. The molecule has 2 spiro atoms. The quantitative estimate of drug-likeness (QED) is 0.487. The first kappa shape index (κ1) is 28.4. The molecule has 43 heavy (non-hydrogen) atoms. The summed E-state index contributed by atoms with van der Waals surface area (Å²) in [6.45, 7) is -0.930. The van der Waals surface area contributed by atoms with Gasteiger partial charge in [0.1, 0.15) is 12.4 Å². The minimum atomic E-state index is -2.87. The van der Waals surface area contributed by atoms with Gasteiger partial charge in [-0.15, -0.1) is 0 Å². The van der Waals surface area contributed by atoms with Crippen LogP contribution in [-0.4, -0.2) is 101 Å². The molecule has 0 radical (unpaired) electrons. The summed E-state index contributed by atoms with van der Waals surface area (Å²) in [6, 6.07) is 7.26. The van der Waals surface area contributed by atoms with Gasteiger partial charge in [0.15, 0.2) is 5.60 Å².